The van der Waals surface area contributed by atoms with E-state index in [1.807, 2.05) is 18.3 Å². The first-order valence-electron chi connectivity index (χ1n) is 9.82. The van der Waals surface area contributed by atoms with E-state index in [0.29, 0.717) is 6.61 Å². The molecule has 0 bridgehead atoms. The number of nitrogens with zero attached hydrogens (tertiary/aromatic N) is 3. The van der Waals surface area contributed by atoms with Crippen LogP contribution < -0.4 is 0 Å². The topological polar surface area (TPSA) is 30.3 Å². The number of aromatic nitrogens is 2. The molecule has 1 atom stereocenters. The number of likely N-dealkylation sites (tertiary alicyclic amines) is 1. The number of imidazole rings is 1. The predicted octanol–water partition coefficient (Wildman–Crippen LogP) is 4.17. The highest BCUT2D eigenvalue weighted by Crippen LogP contribution is 2.35. The average molecular weight is 377 g/mol. The van der Waals surface area contributed by atoms with E-state index in [9.17, 15) is 4.39 Å². The predicted molar refractivity (Wildman–Crippen MR) is 106 cm³/mol. The third-order valence-electron chi connectivity index (χ3n) is 5.92. The zero-order chi connectivity index (χ0) is 19.1. The van der Waals surface area contributed by atoms with E-state index >= 15 is 0 Å². The van der Waals surface area contributed by atoms with Gasteiger partial charge in [-0.1, -0.05) is 35.9 Å². The number of benzene rings is 2. The number of ether oxygens (including phenoxy) is 1. The molecule has 4 nitrogen and oxygen atoms in total. The molecular formula is C23H24FN3O. The molecule has 1 saturated heterocycles. The molecule has 3 aromatic rings. The molecule has 5 heteroatoms. The quantitative estimate of drug-likeness (QED) is 0.686. The largest absolute Gasteiger partial charge is 0.364 e. The van der Waals surface area contributed by atoms with E-state index in [1.165, 1.54) is 29.0 Å². The summed E-state index contributed by atoms with van der Waals surface area (Å²) in [6.45, 7) is 6.19. The van der Waals surface area contributed by atoms with Crippen LogP contribution in [0.5, 0.6) is 0 Å². The minimum absolute atomic E-state index is 0.174. The second-order valence-electron chi connectivity index (χ2n) is 8.07. The van der Waals surface area contributed by atoms with Crippen molar-refractivity contribution >= 4 is 0 Å². The van der Waals surface area contributed by atoms with Gasteiger partial charge in [-0.25, -0.2) is 9.37 Å². The van der Waals surface area contributed by atoms with Gasteiger partial charge in [-0.3, -0.25) is 4.90 Å². The molecule has 28 heavy (non-hydrogen) atoms. The molecule has 0 N–H and O–H groups in total. The molecule has 2 aromatic carbocycles. The van der Waals surface area contributed by atoms with Gasteiger partial charge in [-0.05, 0) is 37.1 Å². The number of rotatable bonds is 3. The Morgan fingerprint density at radius 3 is 2.82 bits per heavy atom. The van der Waals surface area contributed by atoms with Crippen LogP contribution in [0.2, 0.25) is 0 Å². The fraction of sp³-hybridized carbons (Fsp3) is 0.348. The van der Waals surface area contributed by atoms with Crippen LogP contribution in [0.1, 0.15) is 23.4 Å². The summed E-state index contributed by atoms with van der Waals surface area (Å²) in [5.41, 5.74) is 4.58. The summed E-state index contributed by atoms with van der Waals surface area (Å²) in [6.07, 6.45) is 2.97. The molecule has 5 rings (SSSR count). The monoisotopic (exact) mass is 377 g/mol. The summed E-state index contributed by atoms with van der Waals surface area (Å²) in [5, 5.41) is 0. The van der Waals surface area contributed by atoms with Crippen LogP contribution in [-0.2, 0) is 24.4 Å². The molecule has 0 saturated carbocycles. The molecule has 0 unspecified atom stereocenters. The van der Waals surface area contributed by atoms with Crippen molar-refractivity contribution in [1.29, 1.82) is 0 Å². The van der Waals surface area contributed by atoms with Gasteiger partial charge >= 0.3 is 0 Å². The second kappa shape index (κ2) is 6.83. The molecule has 2 aliphatic heterocycles. The Morgan fingerprint density at radius 2 is 2.00 bits per heavy atom. The van der Waals surface area contributed by atoms with Crippen molar-refractivity contribution in [3.05, 3.63) is 77.5 Å². The maximum absolute atomic E-state index is 13.2. The van der Waals surface area contributed by atoms with Gasteiger partial charge in [0.1, 0.15) is 23.8 Å². The Balaban J connectivity index is 1.35. The van der Waals surface area contributed by atoms with Crippen molar-refractivity contribution in [2.45, 2.75) is 38.6 Å². The van der Waals surface area contributed by atoms with Crippen LogP contribution in [-0.4, -0.2) is 33.1 Å². The summed E-state index contributed by atoms with van der Waals surface area (Å²) >= 11 is 0. The van der Waals surface area contributed by atoms with E-state index < -0.39 is 0 Å². The third kappa shape index (κ3) is 3.25. The van der Waals surface area contributed by atoms with Crippen molar-refractivity contribution in [1.82, 2.24) is 14.5 Å². The van der Waals surface area contributed by atoms with Crippen molar-refractivity contribution in [2.75, 3.05) is 13.1 Å². The third-order valence-corrected chi connectivity index (χ3v) is 5.92. The fourth-order valence-corrected chi connectivity index (χ4v) is 4.45. The van der Waals surface area contributed by atoms with Crippen LogP contribution in [0.4, 0.5) is 4.39 Å². The van der Waals surface area contributed by atoms with Crippen molar-refractivity contribution < 1.29 is 9.13 Å². The van der Waals surface area contributed by atoms with Gasteiger partial charge in [0.05, 0.1) is 18.4 Å². The normalized spacial score (nSPS) is 21.9. The lowest BCUT2D eigenvalue weighted by atomic mass is 10.0. The van der Waals surface area contributed by atoms with E-state index in [0.717, 1.165) is 44.0 Å². The first kappa shape index (κ1) is 17.6. The summed E-state index contributed by atoms with van der Waals surface area (Å²) in [7, 11) is 0. The summed E-state index contributed by atoms with van der Waals surface area (Å²) in [5.74, 6) is 0.813. The zero-order valence-corrected chi connectivity index (χ0v) is 16.1. The molecular weight excluding hydrogens is 353 g/mol. The molecule has 1 aromatic heterocycles. The number of aryl methyl sites for hydroxylation is 1. The van der Waals surface area contributed by atoms with E-state index in [1.54, 1.807) is 0 Å². The molecule has 0 aliphatic carbocycles. The lowest BCUT2D eigenvalue weighted by Crippen LogP contribution is -2.44. The Morgan fingerprint density at radius 1 is 1.14 bits per heavy atom. The summed E-state index contributed by atoms with van der Waals surface area (Å²) in [4.78, 5) is 7.01. The van der Waals surface area contributed by atoms with Crippen LogP contribution in [0.3, 0.4) is 0 Å². The molecule has 3 heterocycles. The molecule has 0 radical (unpaired) electrons. The van der Waals surface area contributed by atoms with Gasteiger partial charge in [-0.15, -0.1) is 0 Å². The van der Waals surface area contributed by atoms with Crippen molar-refractivity contribution in [3.8, 4) is 11.3 Å². The first-order valence-corrected chi connectivity index (χ1v) is 9.82. The first-order chi connectivity index (χ1) is 13.6. The van der Waals surface area contributed by atoms with Crippen LogP contribution in [0.15, 0.2) is 54.7 Å². The molecule has 0 amide bonds. The molecule has 1 spiro atoms. The Labute approximate surface area is 164 Å². The van der Waals surface area contributed by atoms with Crippen molar-refractivity contribution in [3.63, 3.8) is 0 Å². The average Bonchev–Trinajstić information content (AvgIpc) is 3.28. The van der Waals surface area contributed by atoms with Crippen molar-refractivity contribution in [2.24, 2.45) is 0 Å². The molecule has 2 aliphatic rings. The standard InChI is InChI=1S/C23H24FN3O/c1-17-3-2-4-19(11-17)21-12-25-22-14-28-23(16-27(21)22)9-10-26(15-23)13-18-5-7-20(24)8-6-18/h2-8,11-12H,9-10,13-16H2,1H3/t23-/m1/s1. The second-order valence-corrected chi connectivity index (χ2v) is 8.07. The Hall–Kier alpha value is -2.50. The number of hydrogen-bond acceptors (Lipinski definition) is 3. The van der Waals surface area contributed by atoms with E-state index in [2.05, 4.69) is 45.6 Å². The number of hydrogen-bond donors (Lipinski definition) is 0. The van der Waals surface area contributed by atoms with Gasteiger partial charge in [-0.2, -0.15) is 0 Å². The highest BCUT2D eigenvalue weighted by atomic mass is 19.1. The smallest absolute Gasteiger partial charge is 0.135 e. The maximum atomic E-state index is 13.2. The fourth-order valence-electron chi connectivity index (χ4n) is 4.45. The zero-order valence-electron chi connectivity index (χ0n) is 16.1. The Kier molecular flexibility index (Phi) is 4.29. The minimum Gasteiger partial charge on any atom is -0.364 e. The lowest BCUT2D eigenvalue weighted by molar-refractivity contribution is -0.0821. The highest BCUT2D eigenvalue weighted by Gasteiger charge is 2.43. The Bertz CT molecular complexity index is 997. The maximum Gasteiger partial charge on any atom is 0.135 e. The van der Waals surface area contributed by atoms with Crippen LogP contribution >= 0.6 is 0 Å². The number of fused-ring (bicyclic) bond motifs is 1. The lowest BCUT2D eigenvalue weighted by Gasteiger charge is -2.35. The van der Waals surface area contributed by atoms with E-state index in [4.69, 9.17) is 4.74 Å². The minimum atomic E-state index is -0.187. The molecule has 144 valence electrons. The van der Waals surface area contributed by atoms with Gasteiger partial charge in [0.15, 0.2) is 0 Å². The summed E-state index contributed by atoms with van der Waals surface area (Å²) < 4.78 is 21.8. The highest BCUT2D eigenvalue weighted by molar-refractivity contribution is 5.60. The van der Waals surface area contributed by atoms with Gasteiger partial charge in [0.2, 0.25) is 0 Å². The SMILES string of the molecule is Cc1cccc(-c2cnc3n2C[C@]2(CCN(Cc4ccc(F)cc4)C2)OC3)c1. The van der Waals surface area contributed by atoms with Gasteiger partial charge in [0.25, 0.3) is 0 Å². The van der Waals surface area contributed by atoms with E-state index in [-0.39, 0.29) is 11.4 Å². The number of halogens is 1. The van der Waals surface area contributed by atoms with Gasteiger partial charge in [0, 0.05) is 25.2 Å². The van der Waals surface area contributed by atoms with Gasteiger partial charge < -0.3 is 9.30 Å². The van der Waals surface area contributed by atoms with Crippen LogP contribution in [0, 0.1) is 12.7 Å². The van der Waals surface area contributed by atoms with Crippen LogP contribution in [0.25, 0.3) is 11.3 Å². The summed E-state index contributed by atoms with van der Waals surface area (Å²) in [6, 6.07) is 15.4. The molecule has 1 fully saturated rings.